The highest BCUT2D eigenvalue weighted by atomic mass is 35.5. The van der Waals surface area contributed by atoms with Crippen molar-refractivity contribution < 1.29 is 4.79 Å². The maximum absolute atomic E-state index is 12.3. The number of nitrogens with two attached hydrogens (primary N) is 1. The van der Waals surface area contributed by atoms with E-state index in [0.717, 1.165) is 22.9 Å². The Kier molecular flexibility index (Phi) is 5.38. The van der Waals surface area contributed by atoms with Crippen LogP contribution in [0.2, 0.25) is 10.0 Å². The molecule has 1 amide bonds. The molecule has 0 spiro atoms. The van der Waals surface area contributed by atoms with Crippen LogP contribution in [0, 0.1) is 5.92 Å². The second-order valence-corrected chi connectivity index (χ2v) is 6.91. The van der Waals surface area contributed by atoms with E-state index in [0.29, 0.717) is 27.4 Å². The molecule has 3 nitrogen and oxygen atoms in total. The van der Waals surface area contributed by atoms with Crippen molar-refractivity contribution in [1.82, 2.24) is 5.32 Å². The fourth-order valence-electron chi connectivity index (χ4n) is 2.29. The summed E-state index contributed by atoms with van der Waals surface area (Å²) in [6, 6.07) is 5.49. The quantitative estimate of drug-likeness (QED) is 0.857. The van der Waals surface area contributed by atoms with Crippen LogP contribution in [0.3, 0.4) is 0 Å². The van der Waals surface area contributed by atoms with Crippen LogP contribution in [-0.4, -0.2) is 18.5 Å². The third-order valence-electron chi connectivity index (χ3n) is 3.56. The molecule has 1 heterocycles. The predicted molar refractivity (Wildman–Crippen MR) is 92.1 cm³/mol. The molecule has 1 aromatic heterocycles. The first-order valence-electron chi connectivity index (χ1n) is 6.48. The lowest BCUT2D eigenvalue weighted by molar-refractivity contribution is 0.0938. The van der Waals surface area contributed by atoms with Crippen LogP contribution in [-0.2, 0) is 0 Å². The molecular weight excluding hydrogens is 351 g/mol. The second kappa shape index (κ2) is 6.71. The fourth-order valence-corrected chi connectivity index (χ4v) is 3.98. The first-order valence-corrected chi connectivity index (χ1v) is 8.06. The monoisotopic (exact) mass is 364 g/mol. The Morgan fingerprint density at radius 1 is 1.43 bits per heavy atom. The van der Waals surface area contributed by atoms with Crippen LogP contribution in [0.25, 0.3) is 10.1 Å². The molecule has 0 aliphatic heterocycles. The summed E-state index contributed by atoms with van der Waals surface area (Å²) in [6.45, 7) is 0.463. The maximum atomic E-state index is 12.3. The lowest BCUT2D eigenvalue weighted by atomic mass is 10.2. The lowest BCUT2D eigenvalue weighted by Gasteiger charge is -2.15. The third-order valence-corrected chi connectivity index (χ3v) is 5.45. The van der Waals surface area contributed by atoms with Gasteiger partial charge in [-0.3, -0.25) is 4.79 Å². The minimum Gasteiger partial charge on any atom is -0.347 e. The van der Waals surface area contributed by atoms with Gasteiger partial charge in [0.05, 0.1) is 5.02 Å². The molecule has 0 bridgehead atoms. The van der Waals surface area contributed by atoms with Crippen LogP contribution in [0.15, 0.2) is 18.2 Å². The van der Waals surface area contributed by atoms with E-state index in [1.165, 1.54) is 11.3 Å². The number of amides is 1. The zero-order chi connectivity index (χ0) is 14.3. The van der Waals surface area contributed by atoms with Gasteiger partial charge in [-0.1, -0.05) is 29.3 Å². The molecule has 0 saturated heterocycles. The molecule has 1 aliphatic rings. The zero-order valence-electron chi connectivity index (χ0n) is 11.1. The summed E-state index contributed by atoms with van der Waals surface area (Å²) in [4.78, 5) is 12.9. The molecule has 1 aromatic carbocycles. The van der Waals surface area contributed by atoms with Gasteiger partial charge >= 0.3 is 0 Å². The Balaban J connectivity index is 0.00000161. The summed E-state index contributed by atoms with van der Waals surface area (Å²) in [5.74, 6) is 0.376. The van der Waals surface area contributed by atoms with Gasteiger partial charge in [0.15, 0.2) is 0 Å². The van der Waals surface area contributed by atoms with E-state index in [1.807, 2.05) is 12.1 Å². The number of carbonyl (C=O) groups is 1. The van der Waals surface area contributed by atoms with Crippen molar-refractivity contribution in [2.45, 2.75) is 18.9 Å². The third kappa shape index (κ3) is 3.46. The van der Waals surface area contributed by atoms with E-state index in [4.69, 9.17) is 28.9 Å². The Morgan fingerprint density at radius 2 is 2.14 bits per heavy atom. The van der Waals surface area contributed by atoms with Gasteiger partial charge in [-0.25, -0.2) is 0 Å². The fraction of sp³-hybridized carbons (Fsp3) is 0.357. The molecule has 2 aromatic rings. The summed E-state index contributed by atoms with van der Waals surface area (Å²) >= 11 is 13.6. The van der Waals surface area contributed by atoms with Crippen molar-refractivity contribution in [2.75, 3.05) is 6.54 Å². The van der Waals surface area contributed by atoms with Crippen molar-refractivity contribution >= 4 is 62.9 Å². The topological polar surface area (TPSA) is 55.1 Å². The first kappa shape index (κ1) is 16.8. The molecule has 7 heteroatoms. The summed E-state index contributed by atoms with van der Waals surface area (Å²) in [5, 5.41) is 4.98. The molecule has 3 rings (SSSR count). The van der Waals surface area contributed by atoms with E-state index < -0.39 is 0 Å². The van der Waals surface area contributed by atoms with Crippen LogP contribution < -0.4 is 11.1 Å². The molecular formula is C14H15Cl3N2OS. The summed E-state index contributed by atoms with van der Waals surface area (Å²) in [7, 11) is 0. The van der Waals surface area contributed by atoms with E-state index in [9.17, 15) is 4.79 Å². The maximum Gasteiger partial charge on any atom is 0.263 e. The van der Waals surface area contributed by atoms with Crippen LogP contribution in [0.1, 0.15) is 22.5 Å². The highest BCUT2D eigenvalue weighted by Gasteiger charge is 2.32. The molecule has 0 radical (unpaired) electrons. The molecule has 114 valence electrons. The lowest BCUT2D eigenvalue weighted by Crippen LogP contribution is -2.41. The second-order valence-electron chi connectivity index (χ2n) is 5.04. The molecule has 1 unspecified atom stereocenters. The van der Waals surface area contributed by atoms with E-state index in [2.05, 4.69) is 5.32 Å². The van der Waals surface area contributed by atoms with E-state index >= 15 is 0 Å². The van der Waals surface area contributed by atoms with Crippen molar-refractivity contribution in [3.05, 3.63) is 33.1 Å². The molecule has 3 N–H and O–H groups in total. The molecule has 1 atom stereocenters. The van der Waals surface area contributed by atoms with Crippen LogP contribution in [0.4, 0.5) is 0 Å². The van der Waals surface area contributed by atoms with Crippen molar-refractivity contribution in [3.8, 4) is 0 Å². The number of halogens is 3. The molecule has 1 saturated carbocycles. The summed E-state index contributed by atoms with van der Waals surface area (Å²) in [5.41, 5.74) is 5.71. The Bertz CT molecular complexity index is 670. The van der Waals surface area contributed by atoms with Gasteiger partial charge in [-0.15, -0.1) is 23.7 Å². The van der Waals surface area contributed by atoms with Crippen molar-refractivity contribution in [1.29, 1.82) is 0 Å². The highest BCUT2D eigenvalue weighted by molar-refractivity contribution is 7.21. The average Bonchev–Trinajstić information content (AvgIpc) is 3.21. The first-order chi connectivity index (χ1) is 9.60. The number of fused-ring (bicyclic) bond motifs is 1. The van der Waals surface area contributed by atoms with Crippen LogP contribution in [0.5, 0.6) is 0 Å². The van der Waals surface area contributed by atoms with E-state index in [1.54, 1.807) is 6.07 Å². The summed E-state index contributed by atoms with van der Waals surface area (Å²) < 4.78 is 0.920. The normalized spacial score (nSPS) is 15.6. The molecule has 1 fully saturated rings. The number of hydrogen-bond donors (Lipinski definition) is 2. The number of rotatable bonds is 4. The van der Waals surface area contributed by atoms with Gasteiger partial charge in [0.25, 0.3) is 5.91 Å². The number of nitrogens with one attached hydrogen (secondary N) is 1. The van der Waals surface area contributed by atoms with Gasteiger partial charge in [-0.05, 0) is 30.9 Å². The van der Waals surface area contributed by atoms with Crippen molar-refractivity contribution in [3.63, 3.8) is 0 Å². The highest BCUT2D eigenvalue weighted by Crippen LogP contribution is 2.37. The average molecular weight is 366 g/mol. The predicted octanol–water partition coefficient (Wildman–Crippen LogP) is 4.10. The number of benzene rings is 1. The minimum absolute atomic E-state index is 0. The van der Waals surface area contributed by atoms with E-state index in [-0.39, 0.29) is 24.4 Å². The number of thiophene rings is 1. The zero-order valence-corrected chi connectivity index (χ0v) is 14.2. The number of carbonyl (C=O) groups excluding carboxylic acids is 1. The van der Waals surface area contributed by atoms with Gasteiger partial charge < -0.3 is 11.1 Å². The Morgan fingerprint density at radius 3 is 2.76 bits per heavy atom. The smallest absolute Gasteiger partial charge is 0.263 e. The number of hydrogen-bond acceptors (Lipinski definition) is 3. The molecule has 21 heavy (non-hydrogen) atoms. The van der Waals surface area contributed by atoms with Gasteiger partial charge in [0.2, 0.25) is 0 Å². The Hall–Kier alpha value is -0.520. The largest absolute Gasteiger partial charge is 0.347 e. The van der Waals surface area contributed by atoms with Gasteiger partial charge in [0, 0.05) is 27.7 Å². The molecule has 1 aliphatic carbocycles. The van der Waals surface area contributed by atoms with Crippen molar-refractivity contribution in [2.24, 2.45) is 11.7 Å². The summed E-state index contributed by atoms with van der Waals surface area (Å²) in [6.07, 6.45) is 2.27. The standard InChI is InChI=1S/C14H14Cl2N2OS.ClH/c15-8-3-4-9-11(5-8)20-13(12(9)16)14(19)18-10(6-17)7-1-2-7;/h3-5,7,10H,1-2,6,17H2,(H,18,19);1H. The SMILES string of the molecule is Cl.NCC(NC(=O)c1sc2cc(Cl)ccc2c1Cl)C1CC1. The van der Waals surface area contributed by atoms with Gasteiger partial charge in [0.1, 0.15) is 4.88 Å². The van der Waals surface area contributed by atoms with Gasteiger partial charge in [-0.2, -0.15) is 0 Å². The Labute approximate surface area is 143 Å². The van der Waals surface area contributed by atoms with Crippen LogP contribution >= 0.6 is 46.9 Å². The minimum atomic E-state index is -0.144.